The molecule has 2 amide bonds. The summed E-state index contributed by atoms with van der Waals surface area (Å²) in [4.78, 5) is 25.0. The van der Waals surface area contributed by atoms with Gasteiger partial charge in [-0.1, -0.05) is 6.92 Å². The quantitative estimate of drug-likeness (QED) is 0.856. The van der Waals surface area contributed by atoms with Gasteiger partial charge >= 0.3 is 18.2 Å². The number of urea groups is 1. The average molecular weight is 282 g/mol. The molecule has 0 unspecified atom stereocenters. The summed E-state index contributed by atoms with van der Waals surface area (Å²) in [6.45, 7) is 1.59. The van der Waals surface area contributed by atoms with E-state index >= 15 is 0 Å². The lowest BCUT2D eigenvalue weighted by Crippen LogP contribution is -2.41. The van der Waals surface area contributed by atoms with Crippen molar-refractivity contribution in [3.05, 3.63) is 0 Å². The minimum atomic E-state index is -4.31. The van der Waals surface area contributed by atoms with Crippen molar-refractivity contribution in [2.75, 3.05) is 26.7 Å². The normalized spacial score (nSPS) is 23.5. The van der Waals surface area contributed by atoms with Crippen LogP contribution in [0, 0.1) is 11.8 Å². The molecule has 1 fully saturated rings. The monoisotopic (exact) mass is 282 g/mol. The molecule has 0 saturated carbocycles. The van der Waals surface area contributed by atoms with Crippen LogP contribution < -0.4 is 0 Å². The summed E-state index contributed by atoms with van der Waals surface area (Å²) in [5.74, 6) is -1.84. The third-order valence-electron chi connectivity index (χ3n) is 3.26. The molecule has 1 rings (SSSR count). The first kappa shape index (κ1) is 15.6. The molecule has 0 aromatic carbocycles. The van der Waals surface area contributed by atoms with Gasteiger partial charge in [0, 0.05) is 26.7 Å². The Hall–Kier alpha value is -1.47. The molecule has 0 aromatic heterocycles. The second-order valence-electron chi connectivity index (χ2n) is 4.90. The maximum atomic E-state index is 12.1. The predicted octanol–water partition coefficient (Wildman–Crippen LogP) is 1.64. The number of rotatable bonds is 3. The maximum Gasteiger partial charge on any atom is 0.390 e. The summed E-state index contributed by atoms with van der Waals surface area (Å²) >= 11 is 0. The van der Waals surface area contributed by atoms with Crippen molar-refractivity contribution >= 4 is 12.0 Å². The molecule has 0 radical (unpaired) electrons. The van der Waals surface area contributed by atoms with E-state index in [4.69, 9.17) is 5.11 Å². The number of amides is 2. The molecular weight excluding hydrogens is 265 g/mol. The highest BCUT2D eigenvalue weighted by Gasteiger charge is 2.38. The number of halogens is 3. The number of aliphatic carboxylic acids is 1. The van der Waals surface area contributed by atoms with Gasteiger partial charge in [0.2, 0.25) is 0 Å². The van der Waals surface area contributed by atoms with Crippen LogP contribution in [-0.2, 0) is 4.79 Å². The number of alkyl halides is 3. The molecule has 0 bridgehead atoms. The van der Waals surface area contributed by atoms with E-state index in [9.17, 15) is 22.8 Å². The Labute approximate surface area is 109 Å². The van der Waals surface area contributed by atoms with E-state index in [0.717, 1.165) is 4.90 Å². The Morgan fingerprint density at radius 2 is 1.95 bits per heavy atom. The van der Waals surface area contributed by atoms with E-state index in [-0.39, 0.29) is 19.0 Å². The minimum Gasteiger partial charge on any atom is -0.481 e. The van der Waals surface area contributed by atoms with Crippen LogP contribution >= 0.6 is 0 Å². The Bertz CT molecular complexity index is 360. The zero-order chi connectivity index (χ0) is 14.8. The third kappa shape index (κ3) is 4.29. The lowest BCUT2D eigenvalue weighted by atomic mass is 9.99. The lowest BCUT2D eigenvalue weighted by Gasteiger charge is -2.25. The van der Waals surface area contributed by atoms with Crippen molar-refractivity contribution in [2.45, 2.75) is 19.5 Å². The van der Waals surface area contributed by atoms with Gasteiger partial charge in [-0.25, -0.2) is 4.79 Å². The van der Waals surface area contributed by atoms with Crippen LogP contribution in [0.25, 0.3) is 0 Å². The zero-order valence-electron chi connectivity index (χ0n) is 10.8. The van der Waals surface area contributed by atoms with Crippen molar-refractivity contribution < 1.29 is 27.9 Å². The Morgan fingerprint density at radius 3 is 2.37 bits per heavy atom. The highest BCUT2D eigenvalue weighted by Crippen LogP contribution is 2.25. The first-order valence-electron chi connectivity index (χ1n) is 5.91. The van der Waals surface area contributed by atoms with Crippen LogP contribution in [0.4, 0.5) is 18.0 Å². The molecule has 8 heteroatoms. The van der Waals surface area contributed by atoms with Gasteiger partial charge in [-0.3, -0.25) is 4.79 Å². The third-order valence-corrected chi connectivity index (χ3v) is 3.26. The van der Waals surface area contributed by atoms with Gasteiger partial charge < -0.3 is 14.9 Å². The first-order chi connectivity index (χ1) is 8.61. The van der Waals surface area contributed by atoms with E-state index < -0.39 is 37.1 Å². The van der Waals surface area contributed by atoms with Gasteiger partial charge in [-0.15, -0.1) is 0 Å². The standard InChI is InChI=1S/C11H17F3N2O3/c1-7-5-16(6-8(7)9(17)18)10(19)15(2)4-3-11(12,13)14/h7-8H,3-6H2,1-2H3,(H,17,18)/t7-,8-/m1/s1. The number of likely N-dealkylation sites (tertiary alicyclic amines) is 1. The van der Waals surface area contributed by atoms with Crippen LogP contribution in [-0.4, -0.2) is 59.8 Å². The Morgan fingerprint density at radius 1 is 1.37 bits per heavy atom. The van der Waals surface area contributed by atoms with E-state index in [2.05, 4.69) is 0 Å². The second kappa shape index (κ2) is 5.66. The van der Waals surface area contributed by atoms with E-state index in [1.165, 1.54) is 11.9 Å². The highest BCUT2D eigenvalue weighted by molar-refractivity contribution is 5.77. The second-order valence-corrected chi connectivity index (χ2v) is 4.90. The number of hydrogen-bond donors (Lipinski definition) is 1. The SMILES string of the molecule is C[C@@H]1CN(C(=O)N(C)CCC(F)(F)F)C[C@H]1C(=O)O. The Balaban J connectivity index is 2.52. The van der Waals surface area contributed by atoms with E-state index in [1.54, 1.807) is 6.92 Å². The molecule has 19 heavy (non-hydrogen) atoms. The van der Waals surface area contributed by atoms with Crippen LogP contribution in [0.5, 0.6) is 0 Å². The first-order valence-corrected chi connectivity index (χ1v) is 5.91. The van der Waals surface area contributed by atoms with Gasteiger partial charge in [0.1, 0.15) is 0 Å². The zero-order valence-corrected chi connectivity index (χ0v) is 10.8. The summed E-state index contributed by atoms with van der Waals surface area (Å²) in [5, 5.41) is 8.93. The van der Waals surface area contributed by atoms with Crippen molar-refractivity contribution in [1.29, 1.82) is 0 Å². The average Bonchev–Trinajstić information content (AvgIpc) is 2.66. The molecule has 1 aliphatic heterocycles. The summed E-state index contributed by atoms with van der Waals surface area (Å²) in [5.41, 5.74) is 0. The van der Waals surface area contributed by atoms with E-state index in [1.807, 2.05) is 0 Å². The van der Waals surface area contributed by atoms with Gasteiger partial charge in [0.25, 0.3) is 0 Å². The molecule has 110 valence electrons. The van der Waals surface area contributed by atoms with Crippen LogP contribution in [0.3, 0.4) is 0 Å². The van der Waals surface area contributed by atoms with Crippen LogP contribution in [0.1, 0.15) is 13.3 Å². The molecule has 0 aromatic rings. The molecule has 1 N–H and O–H groups in total. The van der Waals surface area contributed by atoms with Crippen molar-refractivity contribution in [1.82, 2.24) is 9.80 Å². The molecule has 0 spiro atoms. The van der Waals surface area contributed by atoms with E-state index in [0.29, 0.717) is 0 Å². The molecule has 1 heterocycles. The fourth-order valence-electron chi connectivity index (χ4n) is 2.08. The van der Waals surface area contributed by atoms with Gasteiger partial charge in [-0.2, -0.15) is 13.2 Å². The van der Waals surface area contributed by atoms with Crippen LogP contribution in [0.15, 0.2) is 0 Å². The summed E-state index contributed by atoms with van der Waals surface area (Å²) < 4.78 is 36.2. The topological polar surface area (TPSA) is 60.9 Å². The lowest BCUT2D eigenvalue weighted by molar-refractivity contribution is -0.142. The highest BCUT2D eigenvalue weighted by atomic mass is 19.4. The number of hydrogen-bond acceptors (Lipinski definition) is 2. The molecule has 0 aliphatic carbocycles. The van der Waals surface area contributed by atoms with Crippen molar-refractivity contribution in [3.63, 3.8) is 0 Å². The summed E-state index contributed by atoms with van der Waals surface area (Å²) in [6, 6.07) is -0.556. The molecular formula is C11H17F3N2O3. The Kier molecular flexibility index (Phi) is 4.65. The molecule has 2 atom stereocenters. The molecule has 5 nitrogen and oxygen atoms in total. The number of carbonyl (C=O) groups excluding carboxylic acids is 1. The fraction of sp³-hybridized carbons (Fsp3) is 0.818. The molecule has 1 aliphatic rings. The minimum absolute atomic E-state index is 0.0473. The fourth-order valence-corrected chi connectivity index (χ4v) is 2.08. The number of carboxylic acids is 1. The maximum absolute atomic E-state index is 12.1. The van der Waals surface area contributed by atoms with Crippen molar-refractivity contribution in [3.8, 4) is 0 Å². The van der Waals surface area contributed by atoms with Crippen molar-refractivity contribution in [2.24, 2.45) is 11.8 Å². The number of carbonyl (C=O) groups is 2. The summed E-state index contributed by atoms with van der Waals surface area (Å²) in [7, 11) is 1.28. The number of nitrogens with zero attached hydrogens (tertiary/aromatic N) is 2. The predicted molar refractivity (Wildman–Crippen MR) is 60.6 cm³/mol. The molecule has 1 saturated heterocycles. The smallest absolute Gasteiger partial charge is 0.390 e. The van der Waals surface area contributed by atoms with Gasteiger partial charge in [-0.05, 0) is 5.92 Å². The largest absolute Gasteiger partial charge is 0.481 e. The van der Waals surface area contributed by atoms with Crippen LogP contribution in [0.2, 0.25) is 0 Å². The number of carboxylic acid groups (broad SMARTS) is 1. The van der Waals surface area contributed by atoms with Gasteiger partial charge in [0.15, 0.2) is 0 Å². The summed E-state index contributed by atoms with van der Waals surface area (Å²) in [6.07, 6.45) is -5.38. The van der Waals surface area contributed by atoms with Gasteiger partial charge in [0.05, 0.1) is 12.3 Å².